The minimum atomic E-state index is -0.0945. The van der Waals surface area contributed by atoms with Crippen LogP contribution in [0.3, 0.4) is 0 Å². The third kappa shape index (κ3) is 5.63. The fourth-order valence-corrected chi connectivity index (χ4v) is 4.08. The van der Waals surface area contributed by atoms with Crippen molar-refractivity contribution in [3.05, 3.63) is 29.8 Å². The predicted octanol–water partition coefficient (Wildman–Crippen LogP) is 3.01. The molecule has 0 atom stereocenters. The van der Waals surface area contributed by atoms with E-state index in [0.717, 1.165) is 50.6 Å². The molecule has 0 spiro atoms. The van der Waals surface area contributed by atoms with Crippen molar-refractivity contribution in [2.75, 3.05) is 33.8 Å². The zero-order valence-electron chi connectivity index (χ0n) is 17.2. The summed E-state index contributed by atoms with van der Waals surface area (Å²) in [7, 11) is 3.27. The molecule has 28 heavy (non-hydrogen) atoms. The van der Waals surface area contributed by atoms with Crippen LogP contribution in [0.15, 0.2) is 29.3 Å². The normalized spacial score (nSPS) is 18.9. The van der Waals surface area contributed by atoms with Crippen LogP contribution >= 0.6 is 0 Å². The molecule has 1 saturated heterocycles. The Bertz CT molecular complexity index is 645. The molecule has 0 amide bonds. The second kappa shape index (κ2) is 10.3. The predicted molar refractivity (Wildman–Crippen MR) is 111 cm³/mol. The van der Waals surface area contributed by atoms with Gasteiger partial charge in [-0.15, -0.1) is 0 Å². The van der Waals surface area contributed by atoms with Crippen LogP contribution in [0.4, 0.5) is 0 Å². The first-order valence-corrected chi connectivity index (χ1v) is 10.5. The molecule has 0 bridgehead atoms. The van der Waals surface area contributed by atoms with Gasteiger partial charge in [-0.25, -0.2) is 0 Å². The molecule has 1 aromatic carbocycles. The van der Waals surface area contributed by atoms with Crippen molar-refractivity contribution < 1.29 is 14.3 Å². The van der Waals surface area contributed by atoms with Gasteiger partial charge in [0.25, 0.3) is 0 Å². The van der Waals surface area contributed by atoms with E-state index >= 15 is 0 Å². The average Bonchev–Trinajstić information content (AvgIpc) is 3.25. The van der Waals surface area contributed by atoms with Gasteiger partial charge >= 0.3 is 5.97 Å². The maximum atomic E-state index is 11.7. The largest absolute Gasteiger partial charge is 0.490 e. The number of rotatable bonds is 6. The Morgan fingerprint density at radius 2 is 1.82 bits per heavy atom. The monoisotopic (exact) mass is 387 g/mol. The molecule has 6 nitrogen and oxygen atoms in total. The van der Waals surface area contributed by atoms with Gasteiger partial charge in [-0.2, -0.15) is 0 Å². The summed E-state index contributed by atoms with van der Waals surface area (Å²) in [6, 6.07) is 8.47. The highest BCUT2D eigenvalue weighted by Gasteiger charge is 2.26. The number of piperidine rings is 1. The van der Waals surface area contributed by atoms with E-state index in [2.05, 4.69) is 39.5 Å². The molecule has 1 heterocycles. The highest BCUT2D eigenvalue weighted by Crippen LogP contribution is 2.24. The molecular formula is C22H33N3O3. The van der Waals surface area contributed by atoms with Crippen molar-refractivity contribution in [3.8, 4) is 5.75 Å². The number of ether oxygens (including phenoxy) is 2. The average molecular weight is 388 g/mol. The van der Waals surface area contributed by atoms with Gasteiger partial charge in [-0.3, -0.25) is 9.79 Å². The third-order valence-corrected chi connectivity index (χ3v) is 5.77. The molecule has 1 N–H and O–H groups in total. The van der Waals surface area contributed by atoms with Crippen LogP contribution in [0.25, 0.3) is 0 Å². The number of hydrogen-bond donors (Lipinski definition) is 1. The lowest BCUT2D eigenvalue weighted by atomic mass is 9.97. The maximum absolute atomic E-state index is 11.7. The van der Waals surface area contributed by atoms with Gasteiger partial charge in [-0.05, 0) is 62.6 Å². The summed E-state index contributed by atoms with van der Waals surface area (Å²) in [6.45, 7) is 2.48. The zero-order valence-corrected chi connectivity index (χ0v) is 17.2. The molecule has 1 aliphatic carbocycles. The first-order chi connectivity index (χ1) is 13.7. The SMILES string of the molecule is CN=C(NCCc1ccc(OC2CCCC2)cc1)N1CCC(C(=O)OC)CC1. The standard InChI is InChI=1S/C22H33N3O3/c1-23-22(25-15-12-18(13-16-25)21(26)27-2)24-14-11-17-7-9-20(10-8-17)28-19-5-3-4-6-19/h7-10,18-19H,3-6,11-16H2,1-2H3,(H,23,24). The molecule has 3 rings (SSSR count). The summed E-state index contributed by atoms with van der Waals surface area (Å²) in [5, 5.41) is 3.45. The summed E-state index contributed by atoms with van der Waals surface area (Å²) in [6.07, 6.45) is 7.90. The Morgan fingerprint density at radius 3 is 2.43 bits per heavy atom. The van der Waals surface area contributed by atoms with E-state index in [0.29, 0.717) is 6.10 Å². The van der Waals surface area contributed by atoms with Crippen molar-refractivity contribution in [2.45, 2.75) is 51.0 Å². The number of hydrogen-bond acceptors (Lipinski definition) is 4. The van der Waals surface area contributed by atoms with Gasteiger partial charge in [0.15, 0.2) is 5.96 Å². The first kappa shape index (κ1) is 20.5. The minimum absolute atomic E-state index is 0.0179. The number of esters is 1. The summed E-state index contributed by atoms with van der Waals surface area (Å²) >= 11 is 0. The first-order valence-electron chi connectivity index (χ1n) is 10.5. The fourth-order valence-electron chi connectivity index (χ4n) is 4.08. The van der Waals surface area contributed by atoms with Gasteiger partial charge in [0.2, 0.25) is 0 Å². The van der Waals surface area contributed by atoms with E-state index in [1.807, 2.05) is 7.05 Å². The van der Waals surface area contributed by atoms with Gasteiger partial charge in [-0.1, -0.05) is 12.1 Å². The summed E-state index contributed by atoms with van der Waals surface area (Å²) in [5.74, 6) is 1.81. The van der Waals surface area contributed by atoms with Crippen molar-refractivity contribution in [1.82, 2.24) is 10.2 Å². The second-order valence-corrected chi connectivity index (χ2v) is 7.68. The van der Waals surface area contributed by atoms with Crippen LogP contribution < -0.4 is 10.1 Å². The molecular weight excluding hydrogens is 354 g/mol. The topological polar surface area (TPSA) is 63.2 Å². The summed E-state index contributed by atoms with van der Waals surface area (Å²) < 4.78 is 10.9. The molecule has 2 aliphatic rings. The highest BCUT2D eigenvalue weighted by molar-refractivity contribution is 5.80. The number of nitrogens with one attached hydrogen (secondary N) is 1. The Hall–Kier alpha value is -2.24. The molecule has 1 aromatic rings. The summed E-state index contributed by atoms with van der Waals surface area (Å²) in [5.41, 5.74) is 1.28. The number of carbonyl (C=O) groups is 1. The maximum Gasteiger partial charge on any atom is 0.308 e. The Kier molecular flexibility index (Phi) is 7.57. The molecule has 2 fully saturated rings. The molecule has 154 valence electrons. The Balaban J connectivity index is 1.40. The lowest BCUT2D eigenvalue weighted by molar-refractivity contribution is -0.146. The highest BCUT2D eigenvalue weighted by atomic mass is 16.5. The van der Waals surface area contributed by atoms with Crippen molar-refractivity contribution >= 4 is 11.9 Å². The van der Waals surface area contributed by atoms with E-state index in [1.54, 1.807) is 0 Å². The lowest BCUT2D eigenvalue weighted by Crippen LogP contribution is -2.47. The number of likely N-dealkylation sites (tertiary alicyclic amines) is 1. The number of nitrogens with zero attached hydrogens (tertiary/aromatic N) is 2. The van der Waals surface area contributed by atoms with Gasteiger partial charge in [0.05, 0.1) is 19.1 Å². The number of guanidine groups is 1. The van der Waals surface area contributed by atoms with Crippen molar-refractivity contribution in [2.24, 2.45) is 10.9 Å². The third-order valence-electron chi connectivity index (χ3n) is 5.77. The second-order valence-electron chi connectivity index (χ2n) is 7.68. The molecule has 0 aromatic heterocycles. The molecule has 0 unspecified atom stereocenters. The van der Waals surface area contributed by atoms with Crippen molar-refractivity contribution in [1.29, 1.82) is 0 Å². The smallest absolute Gasteiger partial charge is 0.308 e. The van der Waals surface area contributed by atoms with Crippen LogP contribution in [0.2, 0.25) is 0 Å². The van der Waals surface area contributed by atoms with Gasteiger partial charge < -0.3 is 19.7 Å². The Morgan fingerprint density at radius 1 is 1.14 bits per heavy atom. The van der Waals surface area contributed by atoms with E-state index in [-0.39, 0.29) is 11.9 Å². The van der Waals surface area contributed by atoms with Crippen LogP contribution in [-0.2, 0) is 16.0 Å². The zero-order chi connectivity index (χ0) is 19.8. The molecule has 6 heteroatoms. The number of carbonyl (C=O) groups excluding carboxylic acids is 1. The van der Waals surface area contributed by atoms with Crippen LogP contribution in [0, 0.1) is 5.92 Å². The van der Waals surface area contributed by atoms with E-state index in [4.69, 9.17) is 9.47 Å². The summed E-state index contributed by atoms with van der Waals surface area (Å²) in [4.78, 5) is 18.3. The van der Waals surface area contributed by atoms with E-state index in [9.17, 15) is 4.79 Å². The van der Waals surface area contributed by atoms with E-state index < -0.39 is 0 Å². The lowest BCUT2D eigenvalue weighted by Gasteiger charge is -2.33. The number of benzene rings is 1. The quantitative estimate of drug-likeness (QED) is 0.462. The van der Waals surface area contributed by atoms with Crippen molar-refractivity contribution in [3.63, 3.8) is 0 Å². The molecule has 0 radical (unpaired) electrons. The number of methoxy groups -OCH3 is 1. The Labute approximate surface area is 168 Å². The van der Waals surface area contributed by atoms with E-state index in [1.165, 1.54) is 38.4 Å². The fraction of sp³-hybridized carbons (Fsp3) is 0.636. The van der Waals surface area contributed by atoms with Gasteiger partial charge in [0, 0.05) is 26.7 Å². The van der Waals surface area contributed by atoms with Crippen LogP contribution in [0.1, 0.15) is 44.1 Å². The molecule has 1 aliphatic heterocycles. The van der Waals surface area contributed by atoms with Crippen LogP contribution in [0.5, 0.6) is 5.75 Å². The number of aliphatic imine (C=N–C) groups is 1. The minimum Gasteiger partial charge on any atom is -0.490 e. The van der Waals surface area contributed by atoms with Gasteiger partial charge in [0.1, 0.15) is 5.75 Å². The molecule has 1 saturated carbocycles. The van der Waals surface area contributed by atoms with Crippen LogP contribution in [-0.4, -0.2) is 56.7 Å².